The molecule has 0 saturated carbocycles. The number of halogens is 2. The number of nitrogens with zero attached hydrogens (tertiary/aromatic N) is 1. The lowest BCUT2D eigenvalue weighted by molar-refractivity contribution is -0.0494. The van der Waals surface area contributed by atoms with Gasteiger partial charge < -0.3 is 14.4 Å². The number of carboxylic acid groups (broad SMARTS) is 1. The maximum atomic E-state index is 12.3. The molecule has 0 fully saturated rings. The van der Waals surface area contributed by atoms with Gasteiger partial charge >= 0.3 is 12.6 Å². The Labute approximate surface area is 106 Å². The highest BCUT2D eigenvalue weighted by molar-refractivity contribution is 5.96. The maximum absolute atomic E-state index is 12.3. The fraction of sp³-hybridized carbons (Fsp3) is 0.167. The molecular formula is C12H9F2NO4. The van der Waals surface area contributed by atoms with Crippen LogP contribution in [0.25, 0.3) is 11.3 Å². The van der Waals surface area contributed by atoms with Crippen molar-refractivity contribution in [3.8, 4) is 17.0 Å². The van der Waals surface area contributed by atoms with Crippen LogP contribution in [0.15, 0.2) is 28.8 Å². The summed E-state index contributed by atoms with van der Waals surface area (Å²) in [6.07, 6.45) is 0. The number of rotatable bonds is 4. The summed E-state index contributed by atoms with van der Waals surface area (Å²) in [6, 6.07) is 5.79. The number of hydrogen-bond acceptors (Lipinski definition) is 4. The molecule has 2 rings (SSSR count). The molecule has 0 bridgehead atoms. The number of ether oxygens (including phenoxy) is 1. The average molecular weight is 269 g/mol. The van der Waals surface area contributed by atoms with Gasteiger partial charge in [0.2, 0.25) is 0 Å². The molecule has 5 nitrogen and oxygen atoms in total. The number of benzene rings is 1. The average Bonchev–Trinajstić information content (AvgIpc) is 2.71. The summed E-state index contributed by atoms with van der Waals surface area (Å²) in [6.45, 7) is -1.58. The molecule has 0 spiro atoms. The van der Waals surface area contributed by atoms with Gasteiger partial charge in [-0.1, -0.05) is 17.3 Å². The third-order valence-electron chi connectivity index (χ3n) is 2.43. The van der Waals surface area contributed by atoms with Crippen LogP contribution < -0.4 is 4.74 Å². The summed E-state index contributed by atoms with van der Waals surface area (Å²) in [5.41, 5.74) is -0.0800. The van der Waals surface area contributed by atoms with Crippen molar-refractivity contribution in [2.45, 2.75) is 13.5 Å². The molecule has 0 saturated heterocycles. The van der Waals surface area contributed by atoms with Crippen molar-refractivity contribution in [1.82, 2.24) is 5.16 Å². The van der Waals surface area contributed by atoms with Crippen LogP contribution >= 0.6 is 0 Å². The largest absolute Gasteiger partial charge is 0.477 e. The third-order valence-corrected chi connectivity index (χ3v) is 2.43. The zero-order chi connectivity index (χ0) is 14.0. The van der Waals surface area contributed by atoms with Crippen LogP contribution in [0.4, 0.5) is 8.78 Å². The molecule has 0 aliphatic carbocycles. The highest BCUT2D eigenvalue weighted by Gasteiger charge is 2.23. The van der Waals surface area contributed by atoms with E-state index >= 15 is 0 Å². The Morgan fingerprint density at radius 2 is 2.11 bits per heavy atom. The first-order valence-electron chi connectivity index (χ1n) is 5.24. The van der Waals surface area contributed by atoms with Gasteiger partial charge in [0.05, 0.1) is 0 Å². The lowest BCUT2D eigenvalue weighted by Gasteiger charge is -2.08. The predicted molar refractivity (Wildman–Crippen MR) is 60.3 cm³/mol. The van der Waals surface area contributed by atoms with Gasteiger partial charge in [0.1, 0.15) is 22.8 Å². The molecular weight excluding hydrogens is 260 g/mol. The second-order valence-electron chi connectivity index (χ2n) is 3.64. The smallest absolute Gasteiger partial charge is 0.387 e. The summed E-state index contributed by atoms with van der Waals surface area (Å²) < 4.78 is 33.7. The van der Waals surface area contributed by atoms with Gasteiger partial charge in [-0.2, -0.15) is 8.78 Å². The Hall–Kier alpha value is -2.44. The Bertz CT molecular complexity index is 610. The number of carbonyl (C=O) groups is 1. The number of aromatic carboxylic acids is 1. The number of alkyl halides is 2. The number of hydrogen-bond donors (Lipinski definition) is 1. The number of para-hydroxylation sites is 1. The van der Waals surface area contributed by atoms with Gasteiger partial charge in [-0.15, -0.1) is 0 Å². The molecule has 2 aromatic rings. The molecule has 0 aliphatic heterocycles. The highest BCUT2D eigenvalue weighted by atomic mass is 19.3. The molecule has 0 aliphatic rings. The standard InChI is InChI=1S/C12H9F2NO4/c1-6-9(11(16)17)10(15-19-6)7-4-2-3-5-8(7)18-12(13)14/h2-5,12H,1H3,(H,16,17). The lowest BCUT2D eigenvalue weighted by atomic mass is 10.1. The van der Waals surface area contributed by atoms with Crippen LogP contribution in [-0.2, 0) is 0 Å². The number of aryl methyl sites for hydroxylation is 1. The molecule has 1 N–H and O–H groups in total. The lowest BCUT2D eigenvalue weighted by Crippen LogP contribution is -2.05. The van der Waals surface area contributed by atoms with E-state index in [4.69, 9.17) is 9.63 Å². The van der Waals surface area contributed by atoms with Crippen LogP contribution in [0, 0.1) is 6.92 Å². The van der Waals surface area contributed by atoms with Crippen LogP contribution in [0.2, 0.25) is 0 Å². The number of carboxylic acids is 1. The molecule has 0 radical (unpaired) electrons. The molecule has 19 heavy (non-hydrogen) atoms. The minimum Gasteiger partial charge on any atom is -0.477 e. The van der Waals surface area contributed by atoms with E-state index in [0.717, 1.165) is 0 Å². The van der Waals surface area contributed by atoms with E-state index < -0.39 is 12.6 Å². The van der Waals surface area contributed by atoms with E-state index in [1.165, 1.54) is 25.1 Å². The molecule has 7 heteroatoms. The van der Waals surface area contributed by atoms with E-state index in [0.29, 0.717) is 0 Å². The second kappa shape index (κ2) is 5.05. The monoisotopic (exact) mass is 269 g/mol. The van der Waals surface area contributed by atoms with Crippen LogP contribution in [-0.4, -0.2) is 22.8 Å². The maximum Gasteiger partial charge on any atom is 0.387 e. The van der Waals surface area contributed by atoms with Gasteiger partial charge in [0, 0.05) is 5.56 Å². The first kappa shape index (κ1) is 13.0. The Kier molecular flexibility index (Phi) is 3.46. The van der Waals surface area contributed by atoms with Crippen molar-refractivity contribution >= 4 is 5.97 Å². The van der Waals surface area contributed by atoms with Crippen molar-refractivity contribution < 1.29 is 27.9 Å². The Morgan fingerprint density at radius 1 is 1.42 bits per heavy atom. The van der Waals surface area contributed by atoms with Crippen molar-refractivity contribution in [3.63, 3.8) is 0 Å². The van der Waals surface area contributed by atoms with Crippen molar-refractivity contribution in [2.24, 2.45) is 0 Å². The second-order valence-corrected chi connectivity index (χ2v) is 3.64. The quantitative estimate of drug-likeness (QED) is 0.923. The summed E-state index contributed by atoms with van der Waals surface area (Å²) in [5.74, 6) is -1.32. The molecule has 1 heterocycles. The third kappa shape index (κ3) is 2.54. The minimum absolute atomic E-state index is 0.0405. The summed E-state index contributed by atoms with van der Waals surface area (Å²) in [7, 11) is 0. The zero-order valence-electron chi connectivity index (χ0n) is 9.76. The molecule has 0 unspecified atom stereocenters. The van der Waals surface area contributed by atoms with Gasteiger partial charge in [-0.3, -0.25) is 0 Å². The van der Waals surface area contributed by atoms with E-state index in [-0.39, 0.29) is 28.3 Å². The van der Waals surface area contributed by atoms with Crippen LogP contribution in [0.3, 0.4) is 0 Å². The first-order chi connectivity index (χ1) is 9.00. The topological polar surface area (TPSA) is 72.6 Å². The van der Waals surface area contributed by atoms with Crippen molar-refractivity contribution in [2.75, 3.05) is 0 Å². The molecule has 1 aromatic carbocycles. The van der Waals surface area contributed by atoms with Crippen molar-refractivity contribution in [3.05, 3.63) is 35.6 Å². The van der Waals surface area contributed by atoms with Gasteiger partial charge in [0.25, 0.3) is 0 Å². The normalized spacial score (nSPS) is 10.7. The SMILES string of the molecule is Cc1onc(-c2ccccc2OC(F)F)c1C(=O)O. The highest BCUT2D eigenvalue weighted by Crippen LogP contribution is 2.33. The van der Waals surface area contributed by atoms with E-state index in [1.807, 2.05) is 0 Å². The van der Waals surface area contributed by atoms with Crippen LogP contribution in [0.1, 0.15) is 16.1 Å². The first-order valence-corrected chi connectivity index (χ1v) is 5.24. The Balaban J connectivity index is 2.56. The van der Waals surface area contributed by atoms with E-state index in [1.54, 1.807) is 6.07 Å². The van der Waals surface area contributed by atoms with Crippen molar-refractivity contribution in [1.29, 1.82) is 0 Å². The van der Waals surface area contributed by atoms with Gasteiger partial charge in [-0.05, 0) is 19.1 Å². The van der Waals surface area contributed by atoms with Crippen LogP contribution in [0.5, 0.6) is 5.75 Å². The van der Waals surface area contributed by atoms with E-state index in [9.17, 15) is 13.6 Å². The number of aromatic nitrogens is 1. The van der Waals surface area contributed by atoms with Gasteiger partial charge in [-0.25, -0.2) is 4.79 Å². The van der Waals surface area contributed by atoms with Gasteiger partial charge in [0.15, 0.2) is 0 Å². The molecule has 0 atom stereocenters. The molecule has 1 aromatic heterocycles. The zero-order valence-corrected chi connectivity index (χ0v) is 9.76. The predicted octanol–water partition coefficient (Wildman–Crippen LogP) is 2.95. The molecule has 100 valence electrons. The summed E-state index contributed by atoms with van der Waals surface area (Å²) in [5, 5.41) is 12.7. The minimum atomic E-state index is -3.01. The summed E-state index contributed by atoms with van der Waals surface area (Å²) in [4.78, 5) is 11.1. The summed E-state index contributed by atoms with van der Waals surface area (Å²) >= 11 is 0. The fourth-order valence-corrected chi connectivity index (χ4v) is 1.67. The Morgan fingerprint density at radius 3 is 2.74 bits per heavy atom. The fourth-order valence-electron chi connectivity index (χ4n) is 1.67. The van der Waals surface area contributed by atoms with E-state index in [2.05, 4.69) is 9.89 Å². The molecule has 0 amide bonds.